The molecule has 0 saturated carbocycles. The molecule has 4 aromatic heterocycles. The Balaban J connectivity index is 1.79. The van der Waals surface area contributed by atoms with Crippen LogP contribution in [0, 0.1) is 0 Å². The minimum Gasteiger partial charge on any atom is -0.497 e. The maximum atomic E-state index is 13.6. The van der Waals surface area contributed by atoms with Gasteiger partial charge in [0.15, 0.2) is 0 Å². The fourth-order valence-electron chi connectivity index (χ4n) is 9.76. The Hall–Kier alpha value is -5.69. The number of fused-ring (bicyclic) bond motifs is 8. The van der Waals surface area contributed by atoms with Gasteiger partial charge in [0, 0.05) is 38.8 Å². The summed E-state index contributed by atoms with van der Waals surface area (Å²) in [4.78, 5) is 29.7. The fraction of sp³-hybridized carbons (Fsp3) is 0.353. The summed E-state index contributed by atoms with van der Waals surface area (Å²) in [5.74, 6) is 0.484. The topological polar surface area (TPSA) is 98.7 Å². The summed E-state index contributed by atoms with van der Waals surface area (Å²) in [7, 11) is 3.18. The monoisotopic (exact) mass is 776 g/mol. The zero-order valence-corrected chi connectivity index (χ0v) is 36.2. The number of hydrogen-bond acceptors (Lipinski definition) is 3. The molecule has 1 aliphatic heterocycles. The SMILES string of the molecule is CCc1c2[nH]c(c1CC)C(c1ccc(OC)cc1)=c1[nH]c(c(CC)c1CC)=Cc1[nH]c(c(CC)c1CC)C(c1ccccc1C(=O)OC)=c1[nH]c(c(CC)c1CC)=C2. The summed E-state index contributed by atoms with van der Waals surface area (Å²) in [6, 6.07) is 16.4. The van der Waals surface area contributed by atoms with Crippen molar-refractivity contribution in [2.24, 2.45) is 0 Å². The molecule has 0 fully saturated rings. The summed E-state index contributed by atoms with van der Waals surface area (Å²) >= 11 is 0. The van der Waals surface area contributed by atoms with E-state index in [-0.39, 0.29) is 5.97 Å². The van der Waals surface area contributed by atoms with Crippen LogP contribution >= 0.6 is 0 Å². The molecule has 6 aromatic rings. The molecule has 302 valence electrons. The highest BCUT2D eigenvalue weighted by Crippen LogP contribution is 2.34. The molecular weight excluding hydrogens is 717 g/mol. The number of nitrogens with one attached hydrogen (secondary N) is 4. The summed E-state index contributed by atoms with van der Waals surface area (Å²) in [6.07, 6.45) is 11.6. The van der Waals surface area contributed by atoms with Crippen LogP contribution in [-0.4, -0.2) is 40.1 Å². The largest absolute Gasteiger partial charge is 0.497 e. The highest BCUT2D eigenvalue weighted by molar-refractivity contribution is 5.98. The van der Waals surface area contributed by atoms with Crippen molar-refractivity contribution in [1.29, 1.82) is 0 Å². The maximum Gasteiger partial charge on any atom is 0.338 e. The number of hydrogen-bond donors (Lipinski definition) is 4. The Morgan fingerprint density at radius 1 is 0.500 bits per heavy atom. The number of aromatic nitrogens is 4. The number of H-pyrrole nitrogens is 4. The maximum absolute atomic E-state index is 13.6. The standard InChI is InChI=1S/C51H60N4O3/c1-11-31-35(15-5)47-45(29-23-25-30(57-9)26-24-29)48-36(16-6)32(12-2)42(53-48)28-44-34(14-4)38(18-8)50(55-44)46(39-21-19-20-22-40(39)51(56)58-10)49-37(17-7)33(13-3)43(54-49)27-41(31)52-47/h19-28,52-55H,11-18H2,1-10H3. The number of carbonyl (C=O) groups excluding carboxylic acids is 1. The van der Waals surface area contributed by atoms with E-state index < -0.39 is 0 Å². The molecule has 0 unspecified atom stereocenters. The normalized spacial score (nSPS) is 12.4. The average Bonchev–Trinajstić information content (AvgIpc) is 4.00. The molecular formula is C51H60N4O3. The van der Waals surface area contributed by atoms with Gasteiger partial charge in [0.1, 0.15) is 5.75 Å². The molecule has 4 N–H and O–H groups in total. The van der Waals surface area contributed by atoms with Crippen molar-refractivity contribution in [1.82, 2.24) is 19.9 Å². The van der Waals surface area contributed by atoms with Gasteiger partial charge in [0.05, 0.1) is 41.9 Å². The number of carbonyl (C=O) groups is 1. The van der Waals surface area contributed by atoms with E-state index in [0.29, 0.717) is 5.56 Å². The molecule has 5 heterocycles. The van der Waals surface area contributed by atoms with Crippen molar-refractivity contribution in [2.45, 2.75) is 107 Å². The minimum absolute atomic E-state index is 0.351. The highest BCUT2D eigenvalue weighted by Gasteiger charge is 2.27. The smallest absolute Gasteiger partial charge is 0.338 e. The second kappa shape index (κ2) is 17.0. The van der Waals surface area contributed by atoms with Gasteiger partial charge in [0.25, 0.3) is 0 Å². The van der Waals surface area contributed by atoms with E-state index in [9.17, 15) is 4.79 Å². The third-order valence-corrected chi connectivity index (χ3v) is 12.4. The van der Waals surface area contributed by atoms with Gasteiger partial charge in [0.2, 0.25) is 0 Å². The molecule has 7 nitrogen and oxygen atoms in total. The van der Waals surface area contributed by atoms with Crippen molar-refractivity contribution >= 4 is 29.3 Å². The number of aromatic amines is 4. The molecule has 2 aromatic carbocycles. The predicted octanol–water partition coefficient (Wildman–Crippen LogP) is 7.76. The number of methoxy groups -OCH3 is 2. The quantitative estimate of drug-likeness (QED) is 0.0956. The molecule has 1 aliphatic rings. The number of benzene rings is 2. The molecule has 0 aliphatic carbocycles. The summed E-state index contributed by atoms with van der Waals surface area (Å²) in [5, 5.41) is 4.39. The van der Waals surface area contributed by atoms with E-state index in [2.05, 4.69) is 118 Å². The average molecular weight is 777 g/mol. The van der Waals surface area contributed by atoms with Gasteiger partial charge in [-0.2, -0.15) is 0 Å². The second-order valence-electron chi connectivity index (χ2n) is 15.1. The third-order valence-electron chi connectivity index (χ3n) is 12.4. The fourth-order valence-corrected chi connectivity index (χ4v) is 9.76. The Labute approximate surface area is 343 Å². The van der Waals surface area contributed by atoms with E-state index >= 15 is 0 Å². The molecule has 0 saturated heterocycles. The summed E-state index contributed by atoms with van der Waals surface area (Å²) < 4.78 is 11.1. The first kappa shape index (κ1) is 40.5. The Kier molecular flexibility index (Phi) is 11.9. The van der Waals surface area contributed by atoms with Crippen molar-refractivity contribution in [2.75, 3.05) is 14.2 Å². The van der Waals surface area contributed by atoms with Gasteiger partial charge < -0.3 is 29.4 Å². The first-order chi connectivity index (χ1) is 28.2. The molecule has 7 heteroatoms. The Bertz CT molecular complexity index is 2750. The van der Waals surface area contributed by atoms with Crippen LogP contribution in [0.1, 0.15) is 144 Å². The van der Waals surface area contributed by atoms with E-state index in [4.69, 9.17) is 9.47 Å². The van der Waals surface area contributed by atoms with Crippen molar-refractivity contribution < 1.29 is 14.3 Å². The van der Waals surface area contributed by atoms with Gasteiger partial charge in [-0.15, -0.1) is 0 Å². The van der Waals surface area contributed by atoms with Crippen molar-refractivity contribution in [3.05, 3.63) is 154 Å². The van der Waals surface area contributed by atoms with E-state index in [1.54, 1.807) is 7.11 Å². The van der Waals surface area contributed by atoms with Gasteiger partial charge in [-0.1, -0.05) is 85.7 Å². The zero-order valence-electron chi connectivity index (χ0n) is 36.2. The van der Waals surface area contributed by atoms with Gasteiger partial charge in [-0.05, 0) is 132 Å². The first-order valence-electron chi connectivity index (χ1n) is 21.5. The van der Waals surface area contributed by atoms with E-state index in [0.717, 1.165) is 118 Å². The number of esters is 1. The molecule has 58 heavy (non-hydrogen) atoms. The lowest BCUT2D eigenvalue weighted by atomic mass is 9.91. The van der Waals surface area contributed by atoms with Gasteiger partial charge in [-0.25, -0.2) is 4.79 Å². The van der Waals surface area contributed by atoms with Crippen molar-refractivity contribution in [3.8, 4) is 5.75 Å². The van der Waals surface area contributed by atoms with E-state index in [1.165, 1.54) is 57.2 Å². The zero-order chi connectivity index (χ0) is 41.2. The van der Waals surface area contributed by atoms with Gasteiger partial charge >= 0.3 is 5.97 Å². The molecule has 0 atom stereocenters. The van der Waals surface area contributed by atoms with Crippen LogP contribution in [0.4, 0.5) is 0 Å². The van der Waals surface area contributed by atoms with Crippen LogP contribution in [0.25, 0.3) is 23.3 Å². The van der Waals surface area contributed by atoms with Crippen LogP contribution in [0.3, 0.4) is 0 Å². The molecule has 0 radical (unpaired) electrons. The predicted molar refractivity (Wildman–Crippen MR) is 238 cm³/mol. The second-order valence-corrected chi connectivity index (χ2v) is 15.1. The third kappa shape index (κ3) is 6.68. The number of rotatable bonds is 12. The lowest BCUT2D eigenvalue weighted by Gasteiger charge is -2.14. The lowest BCUT2D eigenvalue weighted by Crippen LogP contribution is -2.20. The summed E-state index contributed by atoms with van der Waals surface area (Å²) in [5.41, 5.74) is 19.5. The minimum atomic E-state index is -0.351. The van der Waals surface area contributed by atoms with Gasteiger partial charge in [-0.3, -0.25) is 0 Å². The Morgan fingerprint density at radius 2 is 0.948 bits per heavy atom. The molecule has 0 amide bonds. The molecule has 8 bridgehead atoms. The van der Waals surface area contributed by atoms with Crippen LogP contribution < -0.4 is 26.1 Å². The van der Waals surface area contributed by atoms with Crippen LogP contribution in [0.15, 0.2) is 48.5 Å². The molecule has 0 spiro atoms. The number of ether oxygens (including phenoxy) is 2. The highest BCUT2D eigenvalue weighted by atomic mass is 16.5. The molecule has 7 rings (SSSR count). The first-order valence-corrected chi connectivity index (χ1v) is 21.5. The van der Waals surface area contributed by atoms with E-state index in [1.807, 2.05) is 18.2 Å². The van der Waals surface area contributed by atoms with Crippen LogP contribution in [0.2, 0.25) is 0 Å². The Morgan fingerprint density at radius 3 is 1.40 bits per heavy atom. The van der Waals surface area contributed by atoms with Crippen molar-refractivity contribution in [3.63, 3.8) is 0 Å². The van der Waals surface area contributed by atoms with Crippen LogP contribution in [-0.2, 0) is 56.1 Å². The summed E-state index contributed by atoms with van der Waals surface area (Å²) in [6.45, 7) is 18.1. The van der Waals surface area contributed by atoms with Crippen LogP contribution in [0.5, 0.6) is 5.75 Å². The lowest BCUT2D eigenvalue weighted by molar-refractivity contribution is 0.0600.